The van der Waals surface area contributed by atoms with Gasteiger partial charge in [0.15, 0.2) is 9.84 Å². The molecule has 2 aliphatic heterocycles. The van der Waals surface area contributed by atoms with Gasteiger partial charge < -0.3 is 11.1 Å². The fraction of sp³-hybridized carbons (Fsp3) is 0.923. The number of halogens is 1. The lowest BCUT2D eigenvalue weighted by atomic mass is 9.99. The van der Waals surface area contributed by atoms with E-state index in [0.29, 0.717) is 19.1 Å². The summed E-state index contributed by atoms with van der Waals surface area (Å²) in [6.45, 7) is 1.81. The minimum Gasteiger partial charge on any atom is -0.350 e. The van der Waals surface area contributed by atoms with Crippen molar-refractivity contribution in [3.05, 3.63) is 0 Å². The molecular formula is C13H24ClN3O3S. The van der Waals surface area contributed by atoms with Crippen molar-refractivity contribution < 1.29 is 13.2 Å². The van der Waals surface area contributed by atoms with Crippen molar-refractivity contribution in [1.29, 1.82) is 0 Å². The number of likely N-dealkylation sites (tertiary alicyclic amines) is 1. The molecule has 122 valence electrons. The minimum absolute atomic E-state index is 0.0564. The molecule has 0 bridgehead atoms. The van der Waals surface area contributed by atoms with Gasteiger partial charge >= 0.3 is 0 Å². The molecule has 2 saturated heterocycles. The zero-order chi connectivity index (χ0) is 15.5. The first-order valence-electron chi connectivity index (χ1n) is 7.49. The molecule has 0 aromatic rings. The van der Waals surface area contributed by atoms with Crippen molar-refractivity contribution in [2.24, 2.45) is 5.73 Å². The van der Waals surface area contributed by atoms with Gasteiger partial charge in [-0.1, -0.05) is 6.42 Å². The molecule has 2 fully saturated rings. The molecule has 3 unspecified atom stereocenters. The Morgan fingerprint density at radius 2 is 2.10 bits per heavy atom. The average Bonchev–Trinajstić information content (AvgIpc) is 2.65. The number of nitrogens with zero attached hydrogens (tertiary/aromatic N) is 1. The molecule has 2 heterocycles. The summed E-state index contributed by atoms with van der Waals surface area (Å²) >= 11 is 6.00. The third-order valence-corrected chi connectivity index (χ3v) is 6.60. The Kier molecular flexibility index (Phi) is 5.88. The Hall–Kier alpha value is -0.370. The first-order valence-corrected chi connectivity index (χ1v) is 9.75. The SMILES string of the molecule is NCCC1CCCCN1CC(=O)NC1CS(=O)(=O)CC1Cl. The van der Waals surface area contributed by atoms with Gasteiger partial charge in [0.05, 0.1) is 29.5 Å². The molecule has 0 aromatic heterocycles. The van der Waals surface area contributed by atoms with Crippen LogP contribution in [0.4, 0.5) is 0 Å². The van der Waals surface area contributed by atoms with Crippen LogP contribution in [-0.4, -0.2) is 67.8 Å². The summed E-state index contributed by atoms with van der Waals surface area (Å²) in [6.07, 6.45) is 4.22. The molecule has 0 aliphatic carbocycles. The van der Waals surface area contributed by atoms with Gasteiger partial charge in [0.2, 0.25) is 5.91 Å². The minimum atomic E-state index is -3.12. The second kappa shape index (κ2) is 7.26. The predicted octanol–water partition coefficient (Wildman–Crippen LogP) is -0.290. The zero-order valence-corrected chi connectivity index (χ0v) is 13.7. The van der Waals surface area contributed by atoms with Crippen LogP contribution in [0.3, 0.4) is 0 Å². The summed E-state index contributed by atoms with van der Waals surface area (Å²) in [4.78, 5) is 14.3. The monoisotopic (exact) mass is 337 g/mol. The van der Waals surface area contributed by atoms with E-state index >= 15 is 0 Å². The van der Waals surface area contributed by atoms with E-state index in [-0.39, 0.29) is 17.4 Å². The van der Waals surface area contributed by atoms with Crippen molar-refractivity contribution in [1.82, 2.24) is 10.2 Å². The topological polar surface area (TPSA) is 92.5 Å². The number of carbonyl (C=O) groups excluding carboxylic acids is 1. The average molecular weight is 338 g/mol. The number of hydrogen-bond donors (Lipinski definition) is 2. The molecule has 8 heteroatoms. The van der Waals surface area contributed by atoms with Crippen LogP contribution in [0.1, 0.15) is 25.7 Å². The van der Waals surface area contributed by atoms with Crippen LogP contribution in [0.5, 0.6) is 0 Å². The molecule has 0 radical (unpaired) electrons. The molecule has 6 nitrogen and oxygen atoms in total. The van der Waals surface area contributed by atoms with Gasteiger partial charge in [-0.05, 0) is 32.4 Å². The van der Waals surface area contributed by atoms with Crippen LogP contribution in [-0.2, 0) is 14.6 Å². The number of rotatable bonds is 5. The summed E-state index contributed by atoms with van der Waals surface area (Å²) in [5.74, 6) is -0.260. The van der Waals surface area contributed by atoms with Gasteiger partial charge in [-0.25, -0.2) is 8.42 Å². The third kappa shape index (κ3) is 4.81. The second-order valence-corrected chi connectivity index (χ2v) is 8.68. The van der Waals surface area contributed by atoms with E-state index < -0.39 is 21.3 Å². The maximum atomic E-state index is 12.1. The standard InChI is InChI=1S/C13H24ClN3O3S/c14-11-8-21(19,20)9-12(11)16-13(18)7-17-6-2-1-3-10(17)4-5-15/h10-12H,1-9,15H2,(H,16,18). The highest BCUT2D eigenvalue weighted by Crippen LogP contribution is 2.20. The fourth-order valence-corrected chi connectivity index (χ4v) is 5.71. The summed E-state index contributed by atoms with van der Waals surface area (Å²) < 4.78 is 23.0. The highest BCUT2D eigenvalue weighted by atomic mass is 35.5. The Morgan fingerprint density at radius 3 is 2.71 bits per heavy atom. The number of hydrogen-bond acceptors (Lipinski definition) is 5. The molecule has 3 atom stereocenters. The molecule has 3 N–H and O–H groups in total. The highest BCUT2D eigenvalue weighted by molar-refractivity contribution is 7.91. The lowest BCUT2D eigenvalue weighted by Crippen LogP contribution is -2.49. The predicted molar refractivity (Wildman–Crippen MR) is 83.1 cm³/mol. The van der Waals surface area contributed by atoms with E-state index in [0.717, 1.165) is 25.8 Å². The van der Waals surface area contributed by atoms with Crippen molar-refractivity contribution in [2.75, 3.05) is 31.1 Å². The maximum Gasteiger partial charge on any atom is 0.234 e. The summed E-state index contributed by atoms with van der Waals surface area (Å²) in [5, 5.41) is 2.24. The van der Waals surface area contributed by atoms with Crippen LogP contribution < -0.4 is 11.1 Å². The van der Waals surface area contributed by atoms with Crippen molar-refractivity contribution >= 4 is 27.3 Å². The lowest BCUT2D eigenvalue weighted by Gasteiger charge is -2.35. The summed E-state index contributed by atoms with van der Waals surface area (Å²) in [6, 6.07) is -0.115. The van der Waals surface area contributed by atoms with Crippen molar-refractivity contribution in [2.45, 2.75) is 43.1 Å². The molecule has 21 heavy (non-hydrogen) atoms. The van der Waals surface area contributed by atoms with Crippen LogP contribution >= 0.6 is 11.6 Å². The smallest absolute Gasteiger partial charge is 0.234 e. The number of nitrogens with two attached hydrogens (primary N) is 1. The number of amides is 1. The van der Waals surface area contributed by atoms with Gasteiger partial charge in [-0.3, -0.25) is 9.69 Å². The quantitative estimate of drug-likeness (QED) is 0.673. The van der Waals surface area contributed by atoms with E-state index in [4.69, 9.17) is 17.3 Å². The summed E-state index contributed by atoms with van der Waals surface area (Å²) in [5.41, 5.74) is 5.62. The van der Waals surface area contributed by atoms with Gasteiger partial charge in [0.1, 0.15) is 0 Å². The first kappa shape index (κ1) is 17.0. The van der Waals surface area contributed by atoms with Gasteiger partial charge in [-0.2, -0.15) is 0 Å². The third-order valence-electron chi connectivity index (χ3n) is 4.23. The zero-order valence-electron chi connectivity index (χ0n) is 12.1. The number of piperidine rings is 1. The lowest BCUT2D eigenvalue weighted by molar-refractivity contribution is -0.123. The van der Waals surface area contributed by atoms with E-state index in [2.05, 4.69) is 10.2 Å². The normalized spacial score (nSPS) is 33.0. The van der Waals surface area contributed by atoms with Crippen molar-refractivity contribution in [3.8, 4) is 0 Å². The van der Waals surface area contributed by atoms with E-state index in [9.17, 15) is 13.2 Å². The molecule has 0 saturated carbocycles. The largest absolute Gasteiger partial charge is 0.350 e. The van der Waals surface area contributed by atoms with Gasteiger partial charge in [0, 0.05) is 6.04 Å². The summed E-state index contributed by atoms with van der Waals surface area (Å²) in [7, 11) is -3.12. The Bertz CT molecular complexity index is 469. The van der Waals surface area contributed by atoms with Crippen LogP contribution in [0, 0.1) is 0 Å². The molecule has 2 rings (SSSR count). The molecule has 0 aromatic carbocycles. The van der Waals surface area contributed by atoms with E-state index in [1.54, 1.807) is 0 Å². The first-order chi connectivity index (χ1) is 9.91. The Morgan fingerprint density at radius 1 is 1.33 bits per heavy atom. The van der Waals surface area contributed by atoms with Gasteiger partial charge in [-0.15, -0.1) is 11.6 Å². The van der Waals surface area contributed by atoms with Crippen LogP contribution in [0.25, 0.3) is 0 Å². The molecule has 1 amide bonds. The Labute approximate surface area is 131 Å². The van der Waals surface area contributed by atoms with Crippen LogP contribution in [0.15, 0.2) is 0 Å². The fourth-order valence-electron chi connectivity index (χ4n) is 3.16. The maximum absolute atomic E-state index is 12.1. The Balaban J connectivity index is 1.86. The molecule has 2 aliphatic rings. The second-order valence-electron chi connectivity index (χ2n) is 5.96. The molecular weight excluding hydrogens is 314 g/mol. The highest BCUT2D eigenvalue weighted by Gasteiger charge is 2.37. The van der Waals surface area contributed by atoms with E-state index in [1.807, 2.05) is 0 Å². The number of sulfone groups is 1. The van der Waals surface area contributed by atoms with Crippen molar-refractivity contribution in [3.63, 3.8) is 0 Å². The van der Waals surface area contributed by atoms with E-state index in [1.165, 1.54) is 6.42 Å². The van der Waals surface area contributed by atoms with Gasteiger partial charge in [0.25, 0.3) is 0 Å². The van der Waals surface area contributed by atoms with Crippen LogP contribution in [0.2, 0.25) is 0 Å². The number of carbonyl (C=O) groups is 1. The molecule has 0 spiro atoms. The number of alkyl halides is 1. The number of nitrogens with one attached hydrogen (secondary N) is 1.